The maximum atomic E-state index is 11.4. The lowest BCUT2D eigenvalue weighted by molar-refractivity contribution is -0.112. The van der Waals surface area contributed by atoms with Gasteiger partial charge in [-0.15, -0.1) is 0 Å². The van der Waals surface area contributed by atoms with Crippen LogP contribution in [0.25, 0.3) is 0 Å². The molecule has 0 N–H and O–H groups in total. The molecule has 0 aromatic rings. The lowest BCUT2D eigenvalue weighted by atomic mass is 9.46. The van der Waals surface area contributed by atoms with E-state index in [1.165, 1.54) is 64.1 Å². The third-order valence-electron chi connectivity index (χ3n) is 11.6. The van der Waals surface area contributed by atoms with Gasteiger partial charge in [0.2, 0.25) is 0 Å². The largest absolute Gasteiger partial charge is 0.303 e. The molecule has 0 radical (unpaired) electrons. The first-order chi connectivity index (χ1) is 14.7. The molecule has 9 atom stereocenters. The first kappa shape index (κ1) is 23.6. The molecule has 1 nitrogen and oxygen atoms in total. The summed E-state index contributed by atoms with van der Waals surface area (Å²) in [5, 5.41) is 0. The summed E-state index contributed by atoms with van der Waals surface area (Å²) in [7, 11) is 0. The molecule has 4 aliphatic carbocycles. The van der Waals surface area contributed by atoms with Gasteiger partial charge in [-0.2, -0.15) is 0 Å². The van der Waals surface area contributed by atoms with Crippen molar-refractivity contribution in [1.29, 1.82) is 0 Å². The zero-order chi connectivity index (χ0) is 22.4. The molecule has 0 heterocycles. The monoisotopic (exact) mass is 426 g/mol. The van der Waals surface area contributed by atoms with E-state index in [0.717, 1.165) is 54.3 Å². The Bertz CT molecular complexity index is 676. The van der Waals surface area contributed by atoms with Crippen LogP contribution in [0.1, 0.15) is 112 Å². The molecular formula is C30H50O. The number of hydrogen-bond donors (Lipinski definition) is 0. The average molecular weight is 427 g/mol. The summed E-state index contributed by atoms with van der Waals surface area (Å²) in [5.41, 5.74) is 2.61. The number of allylic oxidation sites excluding steroid dienone is 2. The van der Waals surface area contributed by atoms with E-state index in [0.29, 0.717) is 16.7 Å². The highest BCUT2D eigenvalue weighted by Gasteiger charge is 2.59. The van der Waals surface area contributed by atoms with E-state index in [1.54, 1.807) is 5.57 Å². The smallest absolute Gasteiger partial charge is 0.123 e. The van der Waals surface area contributed by atoms with E-state index in [2.05, 4.69) is 47.6 Å². The fourth-order valence-electron chi connectivity index (χ4n) is 9.47. The van der Waals surface area contributed by atoms with Crippen molar-refractivity contribution < 1.29 is 4.79 Å². The predicted octanol–water partition coefficient (Wildman–Crippen LogP) is 8.48. The van der Waals surface area contributed by atoms with Gasteiger partial charge < -0.3 is 4.79 Å². The molecule has 0 aromatic carbocycles. The Kier molecular flexibility index (Phi) is 6.83. The van der Waals surface area contributed by atoms with Gasteiger partial charge in [0.1, 0.15) is 6.29 Å². The normalized spacial score (nSPS) is 44.1. The minimum atomic E-state index is 0.291. The molecule has 0 aromatic heterocycles. The number of fused-ring (bicyclic) bond motifs is 5. The Labute approximate surface area is 193 Å². The Hall–Kier alpha value is -0.590. The van der Waals surface area contributed by atoms with Crippen LogP contribution in [0.3, 0.4) is 0 Å². The van der Waals surface area contributed by atoms with Crippen molar-refractivity contribution in [3.05, 3.63) is 11.6 Å². The fourth-order valence-corrected chi connectivity index (χ4v) is 9.47. The van der Waals surface area contributed by atoms with Crippen LogP contribution in [0.5, 0.6) is 0 Å². The maximum absolute atomic E-state index is 11.4. The maximum Gasteiger partial charge on any atom is 0.123 e. The highest BCUT2D eigenvalue weighted by atomic mass is 16.1. The number of carbonyl (C=O) groups is 1. The minimum absolute atomic E-state index is 0.291. The van der Waals surface area contributed by atoms with E-state index >= 15 is 0 Å². The molecule has 176 valence electrons. The summed E-state index contributed by atoms with van der Waals surface area (Å²) < 4.78 is 0. The van der Waals surface area contributed by atoms with Gasteiger partial charge in [-0.25, -0.2) is 0 Å². The second-order valence-corrected chi connectivity index (χ2v) is 13.1. The summed E-state index contributed by atoms with van der Waals surface area (Å²) >= 11 is 0. The van der Waals surface area contributed by atoms with Crippen molar-refractivity contribution in [1.82, 2.24) is 0 Å². The summed E-state index contributed by atoms with van der Waals surface area (Å²) in [4.78, 5) is 11.4. The van der Waals surface area contributed by atoms with Crippen molar-refractivity contribution in [3.63, 3.8) is 0 Å². The molecule has 0 saturated heterocycles. The number of rotatable bonds is 7. The molecule has 0 spiro atoms. The van der Waals surface area contributed by atoms with Gasteiger partial charge in [0.25, 0.3) is 0 Å². The third-order valence-corrected chi connectivity index (χ3v) is 11.6. The highest BCUT2D eigenvalue weighted by Crippen LogP contribution is 2.67. The van der Waals surface area contributed by atoms with Gasteiger partial charge in [-0.3, -0.25) is 0 Å². The van der Waals surface area contributed by atoms with Crippen LogP contribution < -0.4 is 0 Å². The molecule has 4 aliphatic rings. The quantitative estimate of drug-likeness (QED) is 0.294. The van der Waals surface area contributed by atoms with Crippen LogP contribution in [0.4, 0.5) is 0 Å². The van der Waals surface area contributed by atoms with Gasteiger partial charge in [-0.05, 0) is 110 Å². The molecule has 0 bridgehead atoms. The topological polar surface area (TPSA) is 17.1 Å². The van der Waals surface area contributed by atoms with Crippen molar-refractivity contribution in [2.45, 2.75) is 112 Å². The van der Waals surface area contributed by atoms with Crippen LogP contribution in [0, 0.1) is 58.2 Å². The number of aldehydes is 1. The van der Waals surface area contributed by atoms with E-state index in [9.17, 15) is 4.79 Å². The lowest BCUT2D eigenvalue weighted by Crippen LogP contribution is -2.50. The SMILES string of the molecule is CC[C@H](CC[C@@H](C)[C@H]1CC[C@H]2[C@@H]3CC=C4CC(C=O)CC[C@]4(C)[C@H]3CC[C@]12C)C(C)C. The van der Waals surface area contributed by atoms with Crippen molar-refractivity contribution >= 4 is 6.29 Å². The molecule has 1 unspecified atom stereocenters. The van der Waals surface area contributed by atoms with Crippen LogP contribution in [0.2, 0.25) is 0 Å². The van der Waals surface area contributed by atoms with Crippen molar-refractivity contribution in [2.24, 2.45) is 58.2 Å². The van der Waals surface area contributed by atoms with E-state index in [-0.39, 0.29) is 0 Å². The second kappa shape index (κ2) is 8.98. The van der Waals surface area contributed by atoms with Crippen molar-refractivity contribution in [2.75, 3.05) is 0 Å². The van der Waals surface area contributed by atoms with Crippen LogP contribution in [0.15, 0.2) is 11.6 Å². The van der Waals surface area contributed by atoms with E-state index in [4.69, 9.17) is 0 Å². The molecular weight excluding hydrogens is 376 g/mol. The fraction of sp³-hybridized carbons (Fsp3) is 0.900. The van der Waals surface area contributed by atoms with E-state index in [1.807, 2.05) is 0 Å². The van der Waals surface area contributed by atoms with Gasteiger partial charge >= 0.3 is 0 Å². The summed E-state index contributed by atoms with van der Waals surface area (Å²) in [5.74, 6) is 6.56. The summed E-state index contributed by atoms with van der Waals surface area (Å²) in [6.07, 6.45) is 18.6. The van der Waals surface area contributed by atoms with Gasteiger partial charge in [0, 0.05) is 5.92 Å². The first-order valence-electron chi connectivity index (χ1n) is 13.9. The van der Waals surface area contributed by atoms with Crippen molar-refractivity contribution in [3.8, 4) is 0 Å². The standard InChI is InChI=1S/C30H50O/c1-7-23(20(2)3)9-8-21(4)26-12-13-27-25-11-10-24-18-22(19-31)14-16-29(24,5)28(25)15-17-30(26,27)6/h10,19-23,25-28H,7-9,11-18H2,1-6H3/t21-,22?,23-,25+,26-,27+,28+,29+,30-/m1/s1. The first-order valence-corrected chi connectivity index (χ1v) is 13.9. The van der Waals surface area contributed by atoms with E-state index < -0.39 is 0 Å². The second-order valence-electron chi connectivity index (χ2n) is 13.1. The van der Waals surface area contributed by atoms with Crippen LogP contribution >= 0.6 is 0 Å². The number of hydrogen-bond acceptors (Lipinski definition) is 1. The molecule has 3 saturated carbocycles. The molecule has 31 heavy (non-hydrogen) atoms. The number of carbonyl (C=O) groups excluding carboxylic acids is 1. The Morgan fingerprint density at radius 2 is 1.81 bits per heavy atom. The molecule has 3 fully saturated rings. The Balaban J connectivity index is 1.47. The van der Waals surface area contributed by atoms with Gasteiger partial charge in [0.05, 0.1) is 0 Å². The molecule has 0 amide bonds. The highest BCUT2D eigenvalue weighted by molar-refractivity contribution is 5.55. The summed E-state index contributed by atoms with van der Waals surface area (Å²) in [6.45, 7) is 15.1. The van der Waals surface area contributed by atoms with Crippen LogP contribution in [-0.4, -0.2) is 6.29 Å². The zero-order valence-electron chi connectivity index (χ0n) is 21.5. The molecule has 1 heteroatoms. The van der Waals surface area contributed by atoms with Gasteiger partial charge in [-0.1, -0.05) is 66.0 Å². The third kappa shape index (κ3) is 3.99. The zero-order valence-corrected chi connectivity index (χ0v) is 21.5. The Morgan fingerprint density at radius 1 is 1.03 bits per heavy atom. The van der Waals surface area contributed by atoms with Crippen LogP contribution in [-0.2, 0) is 4.79 Å². The molecule has 0 aliphatic heterocycles. The lowest BCUT2D eigenvalue weighted by Gasteiger charge is -2.58. The molecule has 4 rings (SSSR count). The Morgan fingerprint density at radius 3 is 2.48 bits per heavy atom. The average Bonchev–Trinajstić information content (AvgIpc) is 3.10. The predicted molar refractivity (Wildman–Crippen MR) is 132 cm³/mol. The summed E-state index contributed by atoms with van der Waals surface area (Å²) in [6, 6.07) is 0. The van der Waals surface area contributed by atoms with Gasteiger partial charge in [0.15, 0.2) is 0 Å². The minimum Gasteiger partial charge on any atom is -0.303 e.